The van der Waals surface area contributed by atoms with Gasteiger partial charge in [-0.3, -0.25) is 0 Å². The third kappa shape index (κ3) is 2.39. The van der Waals surface area contributed by atoms with Crippen LogP contribution >= 0.6 is 0 Å². The predicted molar refractivity (Wildman–Crippen MR) is 74.9 cm³/mol. The highest BCUT2D eigenvalue weighted by atomic mass is 14.6. The first kappa shape index (κ1) is 11.5. The van der Waals surface area contributed by atoms with E-state index in [1.165, 1.54) is 11.1 Å². The number of rotatable bonds is 2. The van der Waals surface area contributed by atoms with Crippen LogP contribution in [0.2, 0.25) is 0 Å². The molecule has 0 aliphatic heterocycles. The van der Waals surface area contributed by atoms with Gasteiger partial charge in [0.25, 0.3) is 0 Å². The van der Waals surface area contributed by atoms with Crippen molar-refractivity contribution in [3.8, 4) is 0 Å². The molecular formula is C16H17N. The lowest BCUT2D eigenvalue weighted by atomic mass is 9.96. The molecular weight excluding hydrogens is 206 g/mol. The van der Waals surface area contributed by atoms with Crippen molar-refractivity contribution in [2.24, 2.45) is 0 Å². The lowest BCUT2D eigenvalue weighted by Gasteiger charge is -2.10. The Labute approximate surface area is 103 Å². The number of hydrogen-bond acceptors (Lipinski definition) is 1. The van der Waals surface area contributed by atoms with Gasteiger partial charge in [-0.05, 0) is 37.1 Å². The third-order valence-electron chi connectivity index (χ3n) is 2.93. The molecule has 1 heteroatoms. The van der Waals surface area contributed by atoms with Gasteiger partial charge in [0.15, 0.2) is 0 Å². The van der Waals surface area contributed by atoms with E-state index in [2.05, 4.69) is 50.8 Å². The minimum absolute atomic E-state index is 0.779. The van der Waals surface area contributed by atoms with Crippen LogP contribution in [-0.2, 0) is 0 Å². The van der Waals surface area contributed by atoms with Gasteiger partial charge in [-0.2, -0.15) is 0 Å². The fourth-order valence-corrected chi connectivity index (χ4v) is 1.84. The van der Waals surface area contributed by atoms with E-state index in [0.29, 0.717) is 0 Å². The standard InChI is InChI=1S/C16H17N/c1-11-4-7-14(8-5-11)13(3)15-10-12(2)6-9-16(15)17/h4-10H,3,17H2,1-2H3. The SMILES string of the molecule is C=C(c1ccc(C)cc1)c1cc(C)ccc1N. The number of hydrogen-bond donors (Lipinski definition) is 1. The van der Waals surface area contributed by atoms with Crippen LogP contribution in [0, 0.1) is 13.8 Å². The zero-order valence-corrected chi connectivity index (χ0v) is 10.3. The van der Waals surface area contributed by atoms with Crippen molar-refractivity contribution in [2.75, 3.05) is 5.73 Å². The van der Waals surface area contributed by atoms with Gasteiger partial charge in [-0.1, -0.05) is 48.0 Å². The van der Waals surface area contributed by atoms with Crippen molar-refractivity contribution >= 4 is 11.3 Å². The topological polar surface area (TPSA) is 26.0 Å². The maximum Gasteiger partial charge on any atom is 0.0393 e. The Kier molecular flexibility index (Phi) is 3.01. The molecule has 0 heterocycles. The van der Waals surface area contributed by atoms with Crippen molar-refractivity contribution in [1.29, 1.82) is 0 Å². The Hall–Kier alpha value is -2.02. The van der Waals surface area contributed by atoms with E-state index in [9.17, 15) is 0 Å². The highest BCUT2D eigenvalue weighted by Crippen LogP contribution is 2.27. The lowest BCUT2D eigenvalue weighted by Crippen LogP contribution is -1.95. The van der Waals surface area contributed by atoms with E-state index in [-0.39, 0.29) is 0 Å². The number of nitrogen functional groups attached to an aromatic ring is 1. The minimum Gasteiger partial charge on any atom is -0.398 e. The second-order valence-electron chi connectivity index (χ2n) is 4.44. The maximum absolute atomic E-state index is 6.00. The average Bonchev–Trinajstić information content (AvgIpc) is 2.32. The summed E-state index contributed by atoms with van der Waals surface area (Å²) in [4.78, 5) is 0. The summed E-state index contributed by atoms with van der Waals surface area (Å²) >= 11 is 0. The van der Waals surface area contributed by atoms with Gasteiger partial charge in [-0.15, -0.1) is 0 Å². The van der Waals surface area contributed by atoms with Gasteiger partial charge in [0, 0.05) is 11.3 Å². The molecule has 0 aromatic heterocycles. The maximum atomic E-state index is 6.00. The monoisotopic (exact) mass is 223 g/mol. The zero-order valence-electron chi connectivity index (χ0n) is 10.3. The van der Waals surface area contributed by atoms with E-state index in [0.717, 1.165) is 22.4 Å². The first-order valence-corrected chi connectivity index (χ1v) is 5.70. The van der Waals surface area contributed by atoms with Crippen LogP contribution in [0.3, 0.4) is 0 Å². The van der Waals surface area contributed by atoms with Crippen molar-refractivity contribution in [3.63, 3.8) is 0 Å². The molecule has 0 bridgehead atoms. The van der Waals surface area contributed by atoms with Gasteiger partial charge in [0.1, 0.15) is 0 Å². The molecule has 0 radical (unpaired) electrons. The van der Waals surface area contributed by atoms with Crippen molar-refractivity contribution < 1.29 is 0 Å². The van der Waals surface area contributed by atoms with Gasteiger partial charge >= 0.3 is 0 Å². The molecule has 0 aliphatic rings. The summed E-state index contributed by atoms with van der Waals surface area (Å²) in [5, 5.41) is 0. The smallest absolute Gasteiger partial charge is 0.0393 e. The first-order valence-electron chi connectivity index (χ1n) is 5.70. The number of aryl methyl sites for hydroxylation is 2. The molecule has 2 rings (SSSR count). The van der Waals surface area contributed by atoms with E-state index in [1.54, 1.807) is 0 Å². The predicted octanol–water partition coefficient (Wildman–Crippen LogP) is 3.95. The molecule has 0 saturated heterocycles. The summed E-state index contributed by atoms with van der Waals surface area (Å²) in [5.74, 6) is 0. The van der Waals surface area contributed by atoms with E-state index in [1.807, 2.05) is 12.1 Å². The van der Waals surface area contributed by atoms with Gasteiger partial charge in [-0.25, -0.2) is 0 Å². The van der Waals surface area contributed by atoms with Crippen LogP contribution in [-0.4, -0.2) is 0 Å². The largest absolute Gasteiger partial charge is 0.398 e. The molecule has 2 aromatic rings. The Morgan fingerprint density at radius 1 is 0.941 bits per heavy atom. The molecule has 0 aliphatic carbocycles. The molecule has 86 valence electrons. The molecule has 0 amide bonds. The third-order valence-corrected chi connectivity index (χ3v) is 2.93. The van der Waals surface area contributed by atoms with Crippen molar-refractivity contribution in [3.05, 3.63) is 71.3 Å². The zero-order chi connectivity index (χ0) is 12.4. The number of nitrogens with two attached hydrogens (primary N) is 1. The van der Waals surface area contributed by atoms with Gasteiger partial charge in [0.05, 0.1) is 0 Å². The Morgan fingerprint density at radius 2 is 1.53 bits per heavy atom. The Bertz CT molecular complexity index is 550. The number of benzene rings is 2. The number of anilines is 1. The average molecular weight is 223 g/mol. The second kappa shape index (κ2) is 4.46. The highest BCUT2D eigenvalue weighted by molar-refractivity contribution is 5.84. The van der Waals surface area contributed by atoms with Gasteiger partial charge < -0.3 is 5.73 Å². The van der Waals surface area contributed by atoms with Crippen LogP contribution in [0.15, 0.2) is 49.0 Å². The van der Waals surface area contributed by atoms with Crippen LogP contribution in [0.4, 0.5) is 5.69 Å². The molecule has 17 heavy (non-hydrogen) atoms. The van der Waals surface area contributed by atoms with Crippen molar-refractivity contribution in [2.45, 2.75) is 13.8 Å². The van der Waals surface area contributed by atoms with Crippen LogP contribution in [0.25, 0.3) is 5.57 Å². The van der Waals surface area contributed by atoms with Crippen molar-refractivity contribution in [1.82, 2.24) is 0 Å². The quantitative estimate of drug-likeness (QED) is 0.766. The van der Waals surface area contributed by atoms with Crippen LogP contribution < -0.4 is 5.73 Å². The second-order valence-corrected chi connectivity index (χ2v) is 4.44. The summed E-state index contributed by atoms with van der Waals surface area (Å²) in [7, 11) is 0. The normalized spacial score (nSPS) is 10.2. The molecule has 0 fully saturated rings. The fraction of sp³-hybridized carbons (Fsp3) is 0.125. The lowest BCUT2D eigenvalue weighted by molar-refractivity contribution is 1.42. The summed E-state index contributed by atoms with van der Waals surface area (Å²) < 4.78 is 0. The van der Waals surface area contributed by atoms with E-state index < -0.39 is 0 Å². The summed E-state index contributed by atoms with van der Waals surface area (Å²) in [6, 6.07) is 14.4. The molecule has 2 aromatic carbocycles. The van der Waals surface area contributed by atoms with Gasteiger partial charge in [0.2, 0.25) is 0 Å². The molecule has 0 atom stereocenters. The summed E-state index contributed by atoms with van der Waals surface area (Å²) in [6.07, 6.45) is 0. The minimum atomic E-state index is 0.779. The molecule has 1 nitrogen and oxygen atoms in total. The molecule has 0 spiro atoms. The van der Waals surface area contributed by atoms with E-state index in [4.69, 9.17) is 5.73 Å². The Morgan fingerprint density at radius 3 is 2.18 bits per heavy atom. The van der Waals surface area contributed by atoms with E-state index >= 15 is 0 Å². The first-order chi connectivity index (χ1) is 8.08. The van der Waals surface area contributed by atoms with Crippen LogP contribution in [0.5, 0.6) is 0 Å². The Balaban J connectivity index is 2.43. The fourth-order valence-electron chi connectivity index (χ4n) is 1.84. The molecule has 0 saturated carbocycles. The molecule has 0 unspecified atom stereocenters. The summed E-state index contributed by atoms with van der Waals surface area (Å²) in [5.41, 5.74) is 12.3. The highest BCUT2D eigenvalue weighted by Gasteiger charge is 2.06. The molecule has 2 N–H and O–H groups in total. The summed E-state index contributed by atoms with van der Waals surface area (Å²) in [6.45, 7) is 8.28. The van der Waals surface area contributed by atoms with Crippen LogP contribution in [0.1, 0.15) is 22.3 Å².